The summed E-state index contributed by atoms with van der Waals surface area (Å²) in [6.07, 6.45) is 0. The maximum atomic E-state index is 13.4. The van der Waals surface area contributed by atoms with Crippen LogP contribution in [0.4, 0.5) is 4.39 Å². The van der Waals surface area contributed by atoms with Crippen molar-refractivity contribution in [3.05, 3.63) is 59.4 Å². The molecule has 1 amide bonds. The summed E-state index contributed by atoms with van der Waals surface area (Å²) in [7, 11) is 3.20. The van der Waals surface area contributed by atoms with Gasteiger partial charge in [-0.15, -0.1) is 11.8 Å². The molecule has 1 saturated heterocycles. The van der Waals surface area contributed by atoms with Gasteiger partial charge in [0.15, 0.2) is 0 Å². The normalized spacial score (nSPS) is 17.0. The van der Waals surface area contributed by atoms with Crippen molar-refractivity contribution in [1.29, 1.82) is 0 Å². The zero-order chi connectivity index (χ0) is 17.1. The van der Waals surface area contributed by atoms with Crippen LogP contribution >= 0.6 is 11.8 Å². The van der Waals surface area contributed by atoms with Crippen LogP contribution < -0.4 is 9.47 Å². The van der Waals surface area contributed by atoms with Crippen molar-refractivity contribution >= 4 is 17.7 Å². The Bertz CT molecular complexity index is 753. The van der Waals surface area contributed by atoms with Crippen LogP contribution in [-0.4, -0.2) is 37.3 Å². The second-order valence-electron chi connectivity index (χ2n) is 5.34. The van der Waals surface area contributed by atoms with Crippen LogP contribution in [0.3, 0.4) is 0 Å². The third-order valence-corrected chi connectivity index (χ3v) is 5.17. The first-order valence-electron chi connectivity index (χ1n) is 7.54. The van der Waals surface area contributed by atoms with Gasteiger partial charge in [-0.25, -0.2) is 4.39 Å². The Morgan fingerprint density at radius 2 is 2.04 bits per heavy atom. The highest BCUT2D eigenvalue weighted by Gasteiger charge is 2.33. The quantitative estimate of drug-likeness (QED) is 0.845. The number of hydrogen-bond acceptors (Lipinski definition) is 4. The van der Waals surface area contributed by atoms with Gasteiger partial charge in [-0.05, 0) is 36.4 Å². The number of carbonyl (C=O) groups excluding carboxylic acids is 1. The number of hydrogen-bond donors (Lipinski definition) is 0. The molecule has 1 atom stereocenters. The molecule has 0 aliphatic carbocycles. The smallest absolute Gasteiger partial charge is 0.255 e. The molecule has 4 nitrogen and oxygen atoms in total. The fourth-order valence-electron chi connectivity index (χ4n) is 2.76. The molecule has 2 aromatic rings. The molecule has 0 aromatic heterocycles. The number of thioether (sulfide) groups is 1. The Kier molecular flexibility index (Phi) is 4.94. The highest BCUT2D eigenvalue weighted by atomic mass is 32.2. The SMILES string of the molecule is COc1ccc(OC)c([C@H]2SCCN2C(=O)c2cccc(F)c2)c1. The summed E-state index contributed by atoms with van der Waals surface area (Å²) < 4.78 is 24.2. The van der Waals surface area contributed by atoms with E-state index in [9.17, 15) is 9.18 Å². The molecule has 1 aliphatic heterocycles. The molecule has 6 heteroatoms. The minimum atomic E-state index is -0.414. The molecule has 0 N–H and O–H groups in total. The Balaban J connectivity index is 1.95. The second kappa shape index (κ2) is 7.13. The van der Waals surface area contributed by atoms with Crippen molar-refractivity contribution in [2.75, 3.05) is 26.5 Å². The molecule has 0 unspecified atom stereocenters. The number of halogens is 1. The molecule has 126 valence electrons. The van der Waals surface area contributed by atoms with Crippen LogP contribution in [0.15, 0.2) is 42.5 Å². The Hall–Kier alpha value is -2.21. The van der Waals surface area contributed by atoms with Crippen molar-refractivity contribution < 1.29 is 18.7 Å². The van der Waals surface area contributed by atoms with Crippen molar-refractivity contribution in [3.63, 3.8) is 0 Å². The number of carbonyl (C=O) groups is 1. The van der Waals surface area contributed by atoms with Gasteiger partial charge in [0.25, 0.3) is 5.91 Å². The first kappa shape index (κ1) is 16.6. The molecular weight excluding hydrogens is 329 g/mol. The van der Waals surface area contributed by atoms with Gasteiger partial charge in [0.2, 0.25) is 0 Å². The zero-order valence-electron chi connectivity index (χ0n) is 13.5. The number of ether oxygens (including phenoxy) is 2. The molecule has 1 fully saturated rings. The first-order chi connectivity index (χ1) is 11.6. The highest BCUT2D eigenvalue weighted by molar-refractivity contribution is 7.99. The van der Waals surface area contributed by atoms with E-state index in [0.717, 1.165) is 11.3 Å². The number of nitrogens with zero attached hydrogens (tertiary/aromatic N) is 1. The van der Waals surface area contributed by atoms with Gasteiger partial charge in [0.1, 0.15) is 22.7 Å². The fraction of sp³-hybridized carbons (Fsp3) is 0.278. The van der Waals surface area contributed by atoms with Crippen molar-refractivity contribution in [2.24, 2.45) is 0 Å². The minimum Gasteiger partial charge on any atom is -0.497 e. The molecule has 0 spiro atoms. The highest BCUT2D eigenvalue weighted by Crippen LogP contribution is 2.43. The van der Waals surface area contributed by atoms with E-state index in [0.29, 0.717) is 23.6 Å². The lowest BCUT2D eigenvalue weighted by molar-refractivity contribution is 0.0758. The zero-order valence-corrected chi connectivity index (χ0v) is 14.3. The lowest BCUT2D eigenvalue weighted by Gasteiger charge is -2.26. The Labute approximate surface area is 144 Å². The van der Waals surface area contributed by atoms with E-state index in [-0.39, 0.29) is 11.3 Å². The lowest BCUT2D eigenvalue weighted by atomic mass is 10.1. The standard InChI is InChI=1S/C18H18FNO3S/c1-22-14-6-7-16(23-2)15(11-14)18-20(8-9-24-18)17(21)12-4-3-5-13(19)10-12/h3-7,10-11,18H,8-9H2,1-2H3/t18-/m1/s1. The average molecular weight is 347 g/mol. The molecule has 1 aliphatic rings. The van der Waals surface area contributed by atoms with Crippen LogP contribution in [0.1, 0.15) is 21.3 Å². The number of methoxy groups -OCH3 is 2. The predicted molar refractivity (Wildman–Crippen MR) is 92.2 cm³/mol. The number of amides is 1. The molecule has 0 saturated carbocycles. The van der Waals surface area contributed by atoms with Crippen molar-refractivity contribution in [3.8, 4) is 11.5 Å². The second-order valence-corrected chi connectivity index (χ2v) is 6.53. The van der Waals surface area contributed by atoms with Gasteiger partial charge < -0.3 is 14.4 Å². The van der Waals surface area contributed by atoms with E-state index in [2.05, 4.69) is 0 Å². The van der Waals surface area contributed by atoms with Crippen LogP contribution in [0.2, 0.25) is 0 Å². The monoisotopic (exact) mass is 347 g/mol. The van der Waals surface area contributed by atoms with Crippen molar-refractivity contribution in [1.82, 2.24) is 4.90 Å². The molecule has 0 radical (unpaired) electrons. The molecular formula is C18H18FNO3S. The molecule has 3 rings (SSSR count). The summed E-state index contributed by atoms with van der Waals surface area (Å²) in [6, 6.07) is 11.3. The van der Waals surface area contributed by atoms with E-state index in [1.165, 1.54) is 12.1 Å². The van der Waals surface area contributed by atoms with Gasteiger partial charge in [0, 0.05) is 23.4 Å². The van der Waals surface area contributed by atoms with Gasteiger partial charge in [-0.3, -0.25) is 4.79 Å². The topological polar surface area (TPSA) is 38.8 Å². The van der Waals surface area contributed by atoms with Crippen LogP contribution in [0.5, 0.6) is 11.5 Å². The van der Waals surface area contributed by atoms with E-state index < -0.39 is 5.82 Å². The summed E-state index contributed by atoms with van der Waals surface area (Å²) >= 11 is 1.66. The van der Waals surface area contributed by atoms with Gasteiger partial charge in [-0.2, -0.15) is 0 Å². The van der Waals surface area contributed by atoms with E-state index in [1.807, 2.05) is 18.2 Å². The summed E-state index contributed by atoms with van der Waals surface area (Å²) in [4.78, 5) is 14.6. The Morgan fingerprint density at radius 3 is 2.75 bits per heavy atom. The molecule has 24 heavy (non-hydrogen) atoms. The molecule has 0 bridgehead atoms. The lowest BCUT2D eigenvalue weighted by Crippen LogP contribution is -2.30. The average Bonchev–Trinajstić information content (AvgIpc) is 3.10. The minimum absolute atomic E-state index is 0.186. The van der Waals surface area contributed by atoms with Crippen LogP contribution in [0.25, 0.3) is 0 Å². The van der Waals surface area contributed by atoms with Crippen LogP contribution in [0, 0.1) is 5.82 Å². The van der Waals surface area contributed by atoms with Crippen molar-refractivity contribution in [2.45, 2.75) is 5.37 Å². The first-order valence-corrected chi connectivity index (χ1v) is 8.59. The maximum Gasteiger partial charge on any atom is 0.255 e. The predicted octanol–water partition coefficient (Wildman–Crippen LogP) is 3.73. The Morgan fingerprint density at radius 1 is 1.21 bits per heavy atom. The van der Waals surface area contributed by atoms with Gasteiger partial charge in [0.05, 0.1) is 14.2 Å². The summed E-state index contributed by atoms with van der Waals surface area (Å²) in [5.74, 6) is 1.62. The molecule has 1 heterocycles. The third-order valence-electron chi connectivity index (χ3n) is 3.93. The van der Waals surface area contributed by atoms with Gasteiger partial charge >= 0.3 is 0 Å². The van der Waals surface area contributed by atoms with E-state index >= 15 is 0 Å². The summed E-state index contributed by atoms with van der Waals surface area (Å²) in [6.45, 7) is 0.602. The van der Waals surface area contributed by atoms with E-state index in [4.69, 9.17) is 9.47 Å². The van der Waals surface area contributed by atoms with Crippen LogP contribution in [-0.2, 0) is 0 Å². The summed E-state index contributed by atoms with van der Waals surface area (Å²) in [5.41, 5.74) is 1.23. The van der Waals surface area contributed by atoms with E-state index in [1.54, 1.807) is 43.0 Å². The number of rotatable bonds is 4. The molecule has 2 aromatic carbocycles. The number of benzene rings is 2. The maximum absolute atomic E-state index is 13.4. The third kappa shape index (κ3) is 3.19. The summed E-state index contributed by atoms with van der Waals surface area (Å²) in [5, 5.41) is -0.189. The van der Waals surface area contributed by atoms with Gasteiger partial charge in [-0.1, -0.05) is 6.07 Å². The largest absolute Gasteiger partial charge is 0.497 e. The fourth-order valence-corrected chi connectivity index (χ4v) is 4.03.